The maximum Gasteiger partial charge on any atom is 0.338 e. The summed E-state index contributed by atoms with van der Waals surface area (Å²) in [5.41, 5.74) is 1.02. The summed E-state index contributed by atoms with van der Waals surface area (Å²) in [5.74, 6) is -0.560. The van der Waals surface area contributed by atoms with E-state index in [9.17, 15) is 9.18 Å². The molecule has 0 bridgehead atoms. The van der Waals surface area contributed by atoms with E-state index in [1.807, 2.05) is 0 Å². The molecule has 0 aromatic heterocycles. The Morgan fingerprint density at radius 3 is 2.27 bits per heavy atom. The molecule has 0 saturated carbocycles. The highest BCUT2D eigenvalue weighted by molar-refractivity contribution is 6.37. The summed E-state index contributed by atoms with van der Waals surface area (Å²) in [5, 5.41) is 0.412. The maximum absolute atomic E-state index is 12.8. The molecule has 0 radical (unpaired) electrons. The van der Waals surface area contributed by atoms with Crippen LogP contribution < -0.4 is 4.74 Å². The van der Waals surface area contributed by atoms with Crippen molar-refractivity contribution < 1.29 is 18.7 Å². The normalized spacial score (nSPS) is 10.4. The fourth-order valence-corrected chi connectivity index (χ4v) is 2.36. The Kier molecular flexibility index (Phi) is 5.63. The van der Waals surface area contributed by atoms with Crippen molar-refractivity contribution in [1.82, 2.24) is 0 Å². The van der Waals surface area contributed by atoms with Crippen molar-refractivity contribution >= 4 is 29.2 Å². The smallest absolute Gasteiger partial charge is 0.338 e. The number of carbonyl (C=O) groups excluding carboxylic acids is 1. The lowest BCUT2D eigenvalue weighted by Gasteiger charge is -2.11. The molecule has 2 aromatic rings. The minimum atomic E-state index is -0.503. The number of esters is 1. The Hall–Kier alpha value is -1.78. The number of rotatable bonds is 5. The van der Waals surface area contributed by atoms with Gasteiger partial charge < -0.3 is 9.47 Å². The third-order valence-electron chi connectivity index (χ3n) is 2.81. The van der Waals surface area contributed by atoms with E-state index >= 15 is 0 Å². The van der Waals surface area contributed by atoms with E-state index in [0.29, 0.717) is 0 Å². The summed E-state index contributed by atoms with van der Waals surface area (Å²) in [6.07, 6.45) is 0. The van der Waals surface area contributed by atoms with E-state index in [-0.39, 0.29) is 40.4 Å². The van der Waals surface area contributed by atoms with E-state index in [2.05, 4.69) is 0 Å². The number of hydrogen-bond acceptors (Lipinski definition) is 3. The zero-order valence-corrected chi connectivity index (χ0v) is 13.2. The fraction of sp³-hybridized carbons (Fsp3) is 0.188. The zero-order chi connectivity index (χ0) is 16.1. The second kappa shape index (κ2) is 7.47. The topological polar surface area (TPSA) is 35.5 Å². The van der Waals surface area contributed by atoms with Gasteiger partial charge in [0.2, 0.25) is 0 Å². The highest BCUT2D eigenvalue weighted by Gasteiger charge is 2.15. The molecule has 6 heteroatoms. The van der Waals surface area contributed by atoms with Gasteiger partial charge in [0.05, 0.1) is 22.2 Å². The molecule has 3 nitrogen and oxygen atoms in total. The van der Waals surface area contributed by atoms with Gasteiger partial charge in [0.15, 0.2) is 5.75 Å². The van der Waals surface area contributed by atoms with Crippen LogP contribution in [0.25, 0.3) is 0 Å². The predicted octanol–water partition coefficient (Wildman–Crippen LogP) is 4.89. The summed E-state index contributed by atoms with van der Waals surface area (Å²) in [6.45, 7) is 2.15. The van der Waals surface area contributed by atoms with Crippen LogP contribution in [0, 0.1) is 5.82 Å². The van der Waals surface area contributed by atoms with E-state index in [4.69, 9.17) is 32.7 Å². The fourth-order valence-electron chi connectivity index (χ4n) is 1.77. The molecule has 0 spiro atoms. The molecule has 0 aliphatic carbocycles. The van der Waals surface area contributed by atoms with Crippen molar-refractivity contribution in [3.8, 4) is 5.75 Å². The largest absolute Gasteiger partial charge is 0.486 e. The van der Waals surface area contributed by atoms with Crippen molar-refractivity contribution in [2.24, 2.45) is 0 Å². The van der Waals surface area contributed by atoms with Gasteiger partial charge in [-0.25, -0.2) is 9.18 Å². The van der Waals surface area contributed by atoms with Crippen LogP contribution in [0.5, 0.6) is 5.75 Å². The van der Waals surface area contributed by atoms with Crippen molar-refractivity contribution in [3.05, 3.63) is 63.4 Å². The van der Waals surface area contributed by atoms with Gasteiger partial charge in [0.25, 0.3) is 0 Å². The molecule has 0 saturated heterocycles. The minimum absolute atomic E-state index is 0.179. The Morgan fingerprint density at radius 1 is 1.14 bits per heavy atom. The van der Waals surface area contributed by atoms with Crippen LogP contribution in [-0.2, 0) is 11.3 Å². The highest BCUT2D eigenvalue weighted by atomic mass is 35.5. The lowest BCUT2D eigenvalue weighted by atomic mass is 10.2. The predicted molar refractivity (Wildman–Crippen MR) is 83.2 cm³/mol. The monoisotopic (exact) mass is 342 g/mol. The van der Waals surface area contributed by atoms with Crippen molar-refractivity contribution in [3.63, 3.8) is 0 Å². The number of ether oxygens (including phenoxy) is 2. The molecule has 2 rings (SSSR count). The third kappa shape index (κ3) is 4.12. The van der Waals surface area contributed by atoms with E-state index in [0.717, 1.165) is 5.56 Å². The van der Waals surface area contributed by atoms with E-state index < -0.39 is 5.97 Å². The number of carbonyl (C=O) groups is 1. The van der Waals surface area contributed by atoms with Crippen LogP contribution in [0.4, 0.5) is 4.39 Å². The molecule has 0 atom stereocenters. The van der Waals surface area contributed by atoms with Crippen LogP contribution in [0.1, 0.15) is 22.8 Å². The summed E-state index contributed by atoms with van der Waals surface area (Å²) >= 11 is 12.2. The van der Waals surface area contributed by atoms with Crippen LogP contribution in [0.15, 0.2) is 36.4 Å². The van der Waals surface area contributed by atoms with E-state index in [1.54, 1.807) is 19.1 Å². The molecule has 0 heterocycles. The SMILES string of the molecule is CCOC(=O)c1cc(Cl)c(OCc2ccc(F)cc2)c(Cl)c1. The second-order valence-electron chi connectivity index (χ2n) is 4.40. The Bertz CT molecular complexity index is 649. The average Bonchev–Trinajstić information content (AvgIpc) is 2.48. The van der Waals surface area contributed by atoms with Crippen LogP contribution in [0.2, 0.25) is 10.0 Å². The van der Waals surface area contributed by atoms with Gasteiger partial charge in [-0.05, 0) is 36.8 Å². The molecule has 0 fully saturated rings. The van der Waals surface area contributed by atoms with Gasteiger partial charge in [-0.1, -0.05) is 35.3 Å². The Morgan fingerprint density at radius 2 is 1.73 bits per heavy atom. The molecule has 0 unspecified atom stereocenters. The maximum atomic E-state index is 12.8. The van der Waals surface area contributed by atoms with Gasteiger partial charge in [0, 0.05) is 0 Å². The third-order valence-corrected chi connectivity index (χ3v) is 3.37. The number of benzene rings is 2. The van der Waals surface area contributed by atoms with Crippen LogP contribution in [0.3, 0.4) is 0 Å². The molecule has 116 valence electrons. The minimum Gasteiger partial charge on any atom is -0.486 e. The average molecular weight is 343 g/mol. The van der Waals surface area contributed by atoms with Crippen molar-refractivity contribution in [2.75, 3.05) is 6.61 Å². The van der Waals surface area contributed by atoms with Crippen molar-refractivity contribution in [1.29, 1.82) is 0 Å². The summed E-state index contributed by atoms with van der Waals surface area (Å²) in [6, 6.07) is 8.75. The summed E-state index contributed by atoms with van der Waals surface area (Å²) < 4.78 is 23.3. The molecular weight excluding hydrogens is 330 g/mol. The first-order valence-electron chi connectivity index (χ1n) is 6.54. The molecule has 0 amide bonds. The van der Waals surface area contributed by atoms with Crippen LogP contribution in [-0.4, -0.2) is 12.6 Å². The molecular formula is C16H13Cl2FO3. The quantitative estimate of drug-likeness (QED) is 0.725. The molecule has 0 N–H and O–H groups in total. The molecule has 0 aliphatic rings. The van der Waals surface area contributed by atoms with Gasteiger partial charge >= 0.3 is 5.97 Å². The van der Waals surface area contributed by atoms with Gasteiger partial charge in [-0.15, -0.1) is 0 Å². The lowest BCUT2D eigenvalue weighted by Crippen LogP contribution is -2.05. The van der Waals surface area contributed by atoms with Crippen molar-refractivity contribution in [2.45, 2.75) is 13.5 Å². The van der Waals surface area contributed by atoms with Gasteiger partial charge in [-0.3, -0.25) is 0 Å². The van der Waals surface area contributed by atoms with Crippen LogP contribution >= 0.6 is 23.2 Å². The van der Waals surface area contributed by atoms with E-state index in [1.165, 1.54) is 24.3 Å². The summed E-state index contributed by atoms with van der Waals surface area (Å²) in [4.78, 5) is 11.7. The summed E-state index contributed by atoms with van der Waals surface area (Å²) in [7, 11) is 0. The number of hydrogen-bond donors (Lipinski definition) is 0. The van der Waals surface area contributed by atoms with Gasteiger partial charge in [-0.2, -0.15) is 0 Å². The highest BCUT2D eigenvalue weighted by Crippen LogP contribution is 2.35. The Balaban J connectivity index is 2.14. The Labute approximate surface area is 137 Å². The first-order valence-corrected chi connectivity index (χ1v) is 7.30. The second-order valence-corrected chi connectivity index (χ2v) is 5.22. The first kappa shape index (κ1) is 16.6. The van der Waals surface area contributed by atoms with Gasteiger partial charge in [0.1, 0.15) is 12.4 Å². The lowest BCUT2D eigenvalue weighted by molar-refractivity contribution is 0.0526. The molecule has 0 aliphatic heterocycles. The number of halogens is 3. The standard InChI is InChI=1S/C16H13Cl2FO3/c1-2-21-16(20)11-7-13(17)15(14(18)8-11)22-9-10-3-5-12(19)6-4-10/h3-8H,2,9H2,1H3. The molecule has 2 aromatic carbocycles. The first-order chi connectivity index (χ1) is 10.5. The molecule has 22 heavy (non-hydrogen) atoms. The zero-order valence-electron chi connectivity index (χ0n) is 11.7.